The van der Waals surface area contributed by atoms with Crippen molar-refractivity contribution in [1.29, 1.82) is 0 Å². The van der Waals surface area contributed by atoms with Gasteiger partial charge in [-0.2, -0.15) is 0 Å². The maximum Gasteiger partial charge on any atom is -0.0143 e. The summed E-state index contributed by atoms with van der Waals surface area (Å²) in [6.45, 7) is 4.37. The van der Waals surface area contributed by atoms with E-state index in [0.29, 0.717) is 5.92 Å². The molecule has 0 nitrogen and oxygen atoms in total. The van der Waals surface area contributed by atoms with Crippen LogP contribution in [0.15, 0.2) is 59.7 Å². The first kappa shape index (κ1) is 17.3. The van der Waals surface area contributed by atoms with Gasteiger partial charge in [-0.05, 0) is 76.2 Å². The van der Waals surface area contributed by atoms with Crippen molar-refractivity contribution < 1.29 is 0 Å². The van der Waals surface area contributed by atoms with E-state index in [4.69, 9.17) is 0 Å². The zero-order valence-corrected chi connectivity index (χ0v) is 17.0. The van der Waals surface area contributed by atoms with Crippen LogP contribution >= 0.6 is 27.7 Å². The molecule has 2 aliphatic rings. The highest BCUT2D eigenvalue weighted by atomic mass is 31.0. The molecule has 0 fully saturated rings. The van der Waals surface area contributed by atoms with Crippen LogP contribution in [0.3, 0.4) is 0 Å². The number of rotatable bonds is 4. The predicted molar refractivity (Wildman–Crippen MR) is 115 cm³/mol. The van der Waals surface area contributed by atoms with E-state index in [2.05, 4.69) is 70.7 Å². The van der Waals surface area contributed by atoms with E-state index in [1.165, 1.54) is 38.7 Å². The number of hydrogen-bond acceptors (Lipinski definition) is 0. The van der Waals surface area contributed by atoms with Gasteiger partial charge in [0.05, 0.1) is 0 Å². The summed E-state index contributed by atoms with van der Waals surface area (Å²) in [5.74, 6) is 0.704. The normalized spacial score (nSPS) is 17.0. The molecule has 1 aromatic carbocycles. The average Bonchev–Trinajstić information content (AvgIpc) is 2.71. The van der Waals surface area contributed by atoms with Crippen molar-refractivity contribution >= 4 is 38.6 Å². The summed E-state index contributed by atoms with van der Waals surface area (Å²) in [5, 5.41) is 1.27. The largest absolute Gasteiger partial charge is 0.137 e. The molecule has 1 aromatic rings. The minimum atomic E-state index is 0.704. The molecule has 3 atom stereocenters. The second-order valence-electron chi connectivity index (χ2n) is 6.43. The molecular formula is C20H25P3. The van der Waals surface area contributed by atoms with Crippen LogP contribution in [0.4, 0.5) is 0 Å². The maximum absolute atomic E-state index is 4.37. The van der Waals surface area contributed by atoms with Crippen molar-refractivity contribution in [3.63, 3.8) is 0 Å². The Hall–Kier alpha value is -0.530. The SMILES string of the molecule is C=C1C=C(CC(CP)CP)C=CC2=C1CCc1cc(P)ccc12. The monoisotopic (exact) mass is 358 g/mol. The van der Waals surface area contributed by atoms with Gasteiger partial charge < -0.3 is 0 Å². The van der Waals surface area contributed by atoms with Gasteiger partial charge in [-0.3, -0.25) is 0 Å². The molecule has 0 heterocycles. The van der Waals surface area contributed by atoms with Gasteiger partial charge in [0, 0.05) is 0 Å². The van der Waals surface area contributed by atoms with E-state index in [0.717, 1.165) is 31.6 Å². The first-order chi connectivity index (χ1) is 11.1. The van der Waals surface area contributed by atoms with Crippen LogP contribution in [-0.4, -0.2) is 12.3 Å². The third-order valence-corrected chi connectivity index (χ3v) is 6.48. The molecule has 0 bridgehead atoms. The lowest BCUT2D eigenvalue weighted by atomic mass is 9.83. The number of fused-ring (bicyclic) bond motifs is 2. The van der Waals surface area contributed by atoms with E-state index in [-0.39, 0.29) is 0 Å². The van der Waals surface area contributed by atoms with E-state index in [9.17, 15) is 0 Å². The van der Waals surface area contributed by atoms with Crippen LogP contribution in [0.2, 0.25) is 0 Å². The lowest BCUT2D eigenvalue weighted by molar-refractivity contribution is 0.673. The molecular weight excluding hydrogens is 333 g/mol. The average molecular weight is 358 g/mol. The molecule has 3 heteroatoms. The van der Waals surface area contributed by atoms with Gasteiger partial charge in [0.15, 0.2) is 0 Å². The van der Waals surface area contributed by atoms with Crippen molar-refractivity contribution in [1.82, 2.24) is 0 Å². The minimum Gasteiger partial charge on any atom is -0.137 e. The summed E-state index contributed by atoms with van der Waals surface area (Å²) in [6.07, 6.45) is 12.6. The second kappa shape index (κ2) is 7.57. The van der Waals surface area contributed by atoms with Gasteiger partial charge in [-0.1, -0.05) is 43.0 Å². The van der Waals surface area contributed by atoms with Crippen molar-refractivity contribution in [2.45, 2.75) is 19.3 Å². The Morgan fingerprint density at radius 1 is 1.09 bits per heavy atom. The van der Waals surface area contributed by atoms with E-state index >= 15 is 0 Å². The molecule has 0 aromatic heterocycles. The molecule has 23 heavy (non-hydrogen) atoms. The Bertz CT molecular complexity index is 718. The molecule has 3 unspecified atom stereocenters. The van der Waals surface area contributed by atoms with Crippen LogP contribution in [-0.2, 0) is 6.42 Å². The van der Waals surface area contributed by atoms with Crippen LogP contribution in [0.25, 0.3) is 5.57 Å². The molecule has 0 saturated carbocycles. The van der Waals surface area contributed by atoms with Gasteiger partial charge in [-0.15, -0.1) is 27.7 Å². The number of aryl methyl sites for hydroxylation is 1. The van der Waals surface area contributed by atoms with Gasteiger partial charge >= 0.3 is 0 Å². The summed E-state index contributed by atoms with van der Waals surface area (Å²) >= 11 is 0. The number of allylic oxidation sites excluding steroid dienone is 7. The second-order valence-corrected chi connectivity index (χ2v) is 8.04. The summed E-state index contributed by atoms with van der Waals surface area (Å²) in [6, 6.07) is 6.76. The van der Waals surface area contributed by atoms with E-state index in [1.54, 1.807) is 0 Å². The summed E-state index contributed by atoms with van der Waals surface area (Å²) in [5.41, 5.74) is 8.26. The topological polar surface area (TPSA) is 0 Å². The van der Waals surface area contributed by atoms with Crippen LogP contribution in [0, 0.1) is 5.92 Å². The van der Waals surface area contributed by atoms with Gasteiger partial charge in [-0.25, -0.2) is 0 Å². The van der Waals surface area contributed by atoms with Crippen LogP contribution < -0.4 is 5.30 Å². The smallest absolute Gasteiger partial charge is 0.0143 e. The third kappa shape index (κ3) is 3.77. The van der Waals surface area contributed by atoms with Crippen LogP contribution in [0.5, 0.6) is 0 Å². The quantitative estimate of drug-likeness (QED) is 0.685. The fourth-order valence-corrected chi connectivity index (χ4v) is 4.84. The molecule has 120 valence electrons. The first-order valence-corrected chi connectivity index (χ1v) is 10.4. The summed E-state index contributed by atoms with van der Waals surface area (Å²) in [4.78, 5) is 0. The van der Waals surface area contributed by atoms with Crippen molar-refractivity contribution in [3.8, 4) is 0 Å². The highest BCUT2D eigenvalue weighted by Crippen LogP contribution is 2.38. The fourth-order valence-electron chi connectivity index (χ4n) is 3.44. The molecule has 0 spiro atoms. The van der Waals surface area contributed by atoms with Crippen molar-refractivity contribution in [3.05, 3.63) is 70.9 Å². The van der Waals surface area contributed by atoms with E-state index < -0.39 is 0 Å². The van der Waals surface area contributed by atoms with Gasteiger partial charge in [0.1, 0.15) is 0 Å². The maximum atomic E-state index is 4.37. The molecule has 0 N–H and O–H groups in total. The third-order valence-electron chi connectivity index (χ3n) is 4.79. The highest BCUT2D eigenvalue weighted by Gasteiger charge is 2.20. The Labute approximate surface area is 147 Å². The molecule has 0 amide bonds. The molecule has 0 radical (unpaired) electrons. The fraction of sp³-hybridized carbons (Fsp3) is 0.300. The van der Waals surface area contributed by atoms with Gasteiger partial charge in [0.25, 0.3) is 0 Å². The molecule has 0 aliphatic heterocycles. The summed E-state index contributed by atoms with van der Waals surface area (Å²) in [7, 11) is 8.57. The first-order valence-electron chi connectivity index (χ1n) is 8.22. The lowest BCUT2D eigenvalue weighted by Crippen LogP contribution is -2.07. The summed E-state index contributed by atoms with van der Waals surface area (Å²) < 4.78 is 0. The van der Waals surface area contributed by atoms with Crippen molar-refractivity contribution in [2.75, 3.05) is 12.3 Å². The predicted octanol–water partition coefficient (Wildman–Crippen LogP) is 4.70. The number of hydrogen-bond donors (Lipinski definition) is 0. The Morgan fingerprint density at radius 3 is 2.61 bits per heavy atom. The molecule has 0 saturated heterocycles. The molecule has 2 aliphatic carbocycles. The zero-order chi connectivity index (χ0) is 16.4. The Balaban J connectivity index is 1.95. The van der Waals surface area contributed by atoms with Gasteiger partial charge in [0.2, 0.25) is 0 Å². The number of benzene rings is 1. The highest BCUT2D eigenvalue weighted by molar-refractivity contribution is 7.27. The zero-order valence-electron chi connectivity index (χ0n) is 13.5. The lowest BCUT2D eigenvalue weighted by Gasteiger charge is -2.22. The molecule has 3 rings (SSSR count). The van der Waals surface area contributed by atoms with Crippen LogP contribution in [0.1, 0.15) is 24.0 Å². The standard InChI is InChI=1S/C20H25P3/c1-13-8-14(9-15(11-21)12-22)2-5-20-18(13)6-3-16-10-17(23)4-7-19(16)20/h2,4-5,7-8,10,15H,1,3,6,9,11-12,21-23H2. The van der Waals surface area contributed by atoms with Crippen molar-refractivity contribution in [2.24, 2.45) is 5.92 Å². The minimum absolute atomic E-state index is 0.704. The van der Waals surface area contributed by atoms with E-state index in [1.807, 2.05) is 0 Å². The Morgan fingerprint density at radius 2 is 1.87 bits per heavy atom. The Kier molecular flexibility index (Phi) is 5.69.